The van der Waals surface area contributed by atoms with Crippen LogP contribution >= 0.6 is 0 Å². The average molecular weight is 415 g/mol. The molecule has 0 bridgehead atoms. The van der Waals surface area contributed by atoms with Crippen molar-refractivity contribution in [3.05, 3.63) is 29.8 Å². The maximum atomic E-state index is 13.4. The highest BCUT2D eigenvalue weighted by atomic mass is 16.5. The van der Waals surface area contributed by atoms with Gasteiger partial charge in [0, 0.05) is 45.0 Å². The van der Waals surface area contributed by atoms with Crippen molar-refractivity contribution in [2.24, 2.45) is 5.92 Å². The number of nitrogens with one attached hydrogen (secondary N) is 1. The Labute approximate surface area is 179 Å². The number of carbonyl (C=O) groups excluding carboxylic acids is 2. The molecule has 2 saturated heterocycles. The minimum absolute atomic E-state index is 0.0482. The van der Waals surface area contributed by atoms with Crippen LogP contribution in [0.2, 0.25) is 0 Å². The van der Waals surface area contributed by atoms with Gasteiger partial charge >= 0.3 is 6.03 Å². The Morgan fingerprint density at radius 1 is 0.933 bits per heavy atom. The van der Waals surface area contributed by atoms with Crippen molar-refractivity contribution in [1.82, 2.24) is 14.7 Å². The first-order chi connectivity index (χ1) is 14.6. The van der Waals surface area contributed by atoms with Gasteiger partial charge in [-0.3, -0.25) is 9.69 Å². The van der Waals surface area contributed by atoms with Gasteiger partial charge < -0.3 is 19.9 Å². The van der Waals surface area contributed by atoms with Gasteiger partial charge in [0.25, 0.3) is 0 Å². The largest absolute Gasteiger partial charge is 0.378 e. The van der Waals surface area contributed by atoms with E-state index in [0.29, 0.717) is 45.3 Å². The molecule has 30 heavy (non-hydrogen) atoms. The van der Waals surface area contributed by atoms with Crippen LogP contribution in [0.3, 0.4) is 0 Å². The lowest BCUT2D eigenvalue weighted by Crippen LogP contribution is -2.59. The van der Waals surface area contributed by atoms with Gasteiger partial charge in [0.15, 0.2) is 0 Å². The van der Waals surface area contributed by atoms with Crippen molar-refractivity contribution < 1.29 is 14.3 Å². The molecule has 1 saturated carbocycles. The van der Waals surface area contributed by atoms with Gasteiger partial charge in [-0.25, -0.2) is 4.79 Å². The summed E-state index contributed by atoms with van der Waals surface area (Å²) < 4.78 is 5.44. The fraction of sp³-hybridized carbons (Fsp3) is 0.652. The average Bonchev–Trinajstić information content (AvgIpc) is 3.31. The number of piperazine rings is 1. The Hall–Kier alpha value is -2.12. The number of aryl methyl sites for hydroxylation is 1. The monoisotopic (exact) mass is 414 g/mol. The summed E-state index contributed by atoms with van der Waals surface area (Å²) in [6, 6.07) is 7.75. The second-order valence-electron chi connectivity index (χ2n) is 8.75. The second-order valence-corrected chi connectivity index (χ2v) is 8.75. The topological polar surface area (TPSA) is 65.1 Å². The summed E-state index contributed by atoms with van der Waals surface area (Å²) in [5, 5.41) is 2.99. The summed E-state index contributed by atoms with van der Waals surface area (Å²) in [7, 11) is 0. The highest BCUT2D eigenvalue weighted by Gasteiger charge is 2.39. The molecule has 7 heteroatoms. The number of morpholine rings is 1. The molecule has 4 rings (SSSR count). The molecule has 1 unspecified atom stereocenters. The summed E-state index contributed by atoms with van der Waals surface area (Å²) in [5.74, 6) is 0.705. The molecule has 7 nitrogen and oxygen atoms in total. The standard InChI is InChI=1S/C23H34N4O3/c1-18-6-8-20(9-7-18)24-23(29)27-12-10-25(11-13-27)21(19-4-2-3-5-19)22(28)26-14-16-30-17-15-26/h6-9,19,21H,2-5,10-17H2,1H3,(H,24,29). The van der Waals surface area contributed by atoms with Gasteiger partial charge in [-0.05, 0) is 37.8 Å². The van der Waals surface area contributed by atoms with Crippen LogP contribution in [0.25, 0.3) is 0 Å². The maximum Gasteiger partial charge on any atom is 0.321 e. The Balaban J connectivity index is 1.36. The van der Waals surface area contributed by atoms with Gasteiger partial charge in [-0.1, -0.05) is 30.5 Å². The van der Waals surface area contributed by atoms with E-state index < -0.39 is 0 Å². The van der Waals surface area contributed by atoms with Gasteiger partial charge in [0.1, 0.15) is 0 Å². The van der Waals surface area contributed by atoms with E-state index in [1.54, 1.807) is 0 Å². The predicted octanol–water partition coefficient (Wildman–Crippen LogP) is 2.56. The van der Waals surface area contributed by atoms with Crippen LogP contribution in [0, 0.1) is 12.8 Å². The smallest absolute Gasteiger partial charge is 0.321 e. The number of hydrogen-bond acceptors (Lipinski definition) is 4. The van der Waals surface area contributed by atoms with Crippen molar-refractivity contribution in [2.45, 2.75) is 38.6 Å². The number of hydrogen-bond donors (Lipinski definition) is 1. The molecule has 3 aliphatic rings. The Morgan fingerprint density at radius 2 is 1.57 bits per heavy atom. The van der Waals surface area contributed by atoms with Gasteiger partial charge in [-0.2, -0.15) is 0 Å². The first-order valence-corrected chi connectivity index (χ1v) is 11.3. The van der Waals surface area contributed by atoms with E-state index >= 15 is 0 Å². The first-order valence-electron chi connectivity index (χ1n) is 11.3. The highest BCUT2D eigenvalue weighted by molar-refractivity contribution is 5.89. The third-order valence-electron chi connectivity index (χ3n) is 6.72. The third-order valence-corrected chi connectivity index (χ3v) is 6.72. The van der Waals surface area contributed by atoms with E-state index in [2.05, 4.69) is 10.2 Å². The van der Waals surface area contributed by atoms with Crippen LogP contribution in [0.1, 0.15) is 31.2 Å². The summed E-state index contributed by atoms with van der Waals surface area (Å²) >= 11 is 0. The van der Waals surface area contributed by atoms with Crippen molar-refractivity contribution in [1.29, 1.82) is 0 Å². The summed E-state index contributed by atoms with van der Waals surface area (Å²) in [5.41, 5.74) is 1.99. The highest BCUT2D eigenvalue weighted by Crippen LogP contribution is 2.32. The zero-order valence-corrected chi connectivity index (χ0v) is 18.0. The van der Waals surface area contributed by atoms with Gasteiger partial charge in [0.2, 0.25) is 5.91 Å². The molecule has 2 heterocycles. The number of ether oxygens (including phenoxy) is 1. The number of amides is 3. The van der Waals surface area contributed by atoms with Gasteiger partial charge in [0.05, 0.1) is 19.3 Å². The van der Waals surface area contributed by atoms with Crippen LogP contribution in [0.4, 0.5) is 10.5 Å². The van der Waals surface area contributed by atoms with Gasteiger partial charge in [-0.15, -0.1) is 0 Å². The van der Waals surface area contributed by atoms with E-state index in [-0.39, 0.29) is 18.0 Å². The molecular weight excluding hydrogens is 380 g/mol. The van der Waals surface area contributed by atoms with Crippen LogP contribution < -0.4 is 5.32 Å². The molecule has 3 amide bonds. The SMILES string of the molecule is Cc1ccc(NC(=O)N2CCN(C(C(=O)N3CCOCC3)C3CCCC3)CC2)cc1. The molecule has 1 aromatic carbocycles. The molecule has 2 aliphatic heterocycles. The molecule has 3 fully saturated rings. The number of rotatable bonds is 4. The maximum absolute atomic E-state index is 13.4. The number of carbonyl (C=O) groups is 2. The van der Waals surface area contributed by atoms with Crippen molar-refractivity contribution in [3.8, 4) is 0 Å². The third kappa shape index (κ3) is 4.95. The zero-order chi connectivity index (χ0) is 20.9. The first kappa shape index (κ1) is 21.1. The van der Waals surface area contributed by atoms with Crippen LogP contribution in [-0.2, 0) is 9.53 Å². The predicted molar refractivity (Wildman–Crippen MR) is 116 cm³/mol. The minimum atomic E-state index is -0.0598. The molecule has 0 radical (unpaired) electrons. The lowest BCUT2D eigenvalue weighted by Gasteiger charge is -2.42. The number of anilines is 1. The van der Waals surface area contributed by atoms with E-state index in [0.717, 1.165) is 31.6 Å². The van der Waals surface area contributed by atoms with Crippen molar-refractivity contribution >= 4 is 17.6 Å². The molecule has 1 N–H and O–H groups in total. The van der Waals surface area contributed by atoms with Crippen LogP contribution in [0.15, 0.2) is 24.3 Å². The minimum Gasteiger partial charge on any atom is -0.378 e. The second kappa shape index (κ2) is 9.79. The van der Waals surface area contributed by atoms with E-state index in [9.17, 15) is 9.59 Å². The molecule has 1 aliphatic carbocycles. The van der Waals surface area contributed by atoms with Crippen molar-refractivity contribution in [3.63, 3.8) is 0 Å². The molecule has 164 valence electrons. The van der Waals surface area contributed by atoms with E-state index in [4.69, 9.17) is 4.74 Å². The molecule has 0 aromatic heterocycles. The normalized spacial score (nSPS) is 22.2. The van der Waals surface area contributed by atoms with Crippen LogP contribution in [0.5, 0.6) is 0 Å². The van der Waals surface area contributed by atoms with Crippen LogP contribution in [-0.4, -0.2) is 85.2 Å². The Bertz CT molecular complexity index is 718. The molecule has 1 atom stereocenters. The van der Waals surface area contributed by atoms with E-state index in [1.807, 2.05) is 41.0 Å². The van der Waals surface area contributed by atoms with E-state index in [1.165, 1.54) is 18.4 Å². The Kier molecular flexibility index (Phi) is 6.89. The summed E-state index contributed by atoms with van der Waals surface area (Å²) in [4.78, 5) is 32.3. The van der Waals surface area contributed by atoms with Crippen molar-refractivity contribution in [2.75, 3.05) is 57.8 Å². The Morgan fingerprint density at radius 3 is 2.20 bits per heavy atom. The quantitative estimate of drug-likeness (QED) is 0.822. The zero-order valence-electron chi connectivity index (χ0n) is 18.0. The number of benzene rings is 1. The fourth-order valence-electron chi connectivity index (χ4n) is 4.94. The fourth-order valence-corrected chi connectivity index (χ4v) is 4.94. The number of urea groups is 1. The lowest BCUT2D eigenvalue weighted by molar-refractivity contribution is -0.144. The number of nitrogens with zero attached hydrogens (tertiary/aromatic N) is 3. The molecular formula is C23H34N4O3. The molecule has 0 spiro atoms. The molecule has 1 aromatic rings. The summed E-state index contributed by atoms with van der Waals surface area (Å²) in [6.45, 7) is 7.49. The lowest BCUT2D eigenvalue weighted by atomic mass is 9.94. The summed E-state index contributed by atoms with van der Waals surface area (Å²) in [6.07, 6.45) is 4.71.